The van der Waals surface area contributed by atoms with E-state index in [-0.39, 0.29) is 18.0 Å². The topological polar surface area (TPSA) is 46.5 Å². The van der Waals surface area contributed by atoms with E-state index >= 15 is 0 Å². The molecule has 0 fully saturated rings. The van der Waals surface area contributed by atoms with E-state index in [0.29, 0.717) is 6.42 Å². The largest absolute Gasteiger partial charge is 0.388 e. The van der Waals surface area contributed by atoms with Gasteiger partial charge in [-0.2, -0.15) is 0 Å². The Bertz CT molecular complexity index is 444. The number of ketones is 1. The van der Waals surface area contributed by atoms with E-state index in [0.717, 1.165) is 31.2 Å². The van der Waals surface area contributed by atoms with Gasteiger partial charge in [0, 0.05) is 13.5 Å². The van der Waals surface area contributed by atoms with Crippen LogP contribution in [-0.2, 0) is 9.53 Å². The maximum Gasteiger partial charge on any atom is 0.161 e. The van der Waals surface area contributed by atoms with E-state index in [1.54, 1.807) is 7.11 Å². The fraction of sp³-hybridized carbons (Fsp3) is 0.682. The van der Waals surface area contributed by atoms with Crippen LogP contribution < -0.4 is 0 Å². The predicted molar refractivity (Wildman–Crippen MR) is 104 cm³/mol. The maximum absolute atomic E-state index is 11.6. The molecule has 1 rings (SSSR count). The fourth-order valence-electron chi connectivity index (χ4n) is 3.21. The Balaban J connectivity index is 1.93. The number of aliphatic hydroxyl groups excluding tert-OH is 1. The zero-order chi connectivity index (χ0) is 18.3. The molecular weight excluding hydrogens is 312 g/mol. The minimum atomic E-state index is -0.319. The smallest absolute Gasteiger partial charge is 0.161 e. The summed E-state index contributed by atoms with van der Waals surface area (Å²) >= 11 is 0. The Morgan fingerprint density at radius 2 is 1.44 bits per heavy atom. The summed E-state index contributed by atoms with van der Waals surface area (Å²) in [6.45, 7) is 1.90. The lowest BCUT2D eigenvalue weighted by atomic mass is 10.0. The van der Waals surface area contributed by atoms with E-state index in [2.05, 4.69) is 0 Å². The van der Waals surface area contributed by atoms with Crippen LogP contribution >= 0.6 is 0 Å². The molecule has 0 heterocycles. The van der Waals surface area contributed by atoms with Crippen LogP contribution in [0.4, 0.5) is 0 Å². The van der Waals surface area contributed by atoms with Crippen molar-refractivity contribution in [3.8, 4) is 0 Å². The molecule has 1 N–H and O–H groups in total. The summed E-state index contributed by atoms with van der Waals surface area (Å²) in [5.41, 5.74) is 1.03. The maximum atomic E-state index is 11.6. The Kier molecular flexibility index (Phi) is 12.3. The van der Waals surface area contributed by atoms with Gasteiger partial charge in [-0.25, -0.2) is 0 Å². The highest BCUT2D eigenvalue weighted by Crippen LogP contribution is 2.20. The number of hydrogen-bond donors (Lipinski definition) is 1. The lowest BCUT2D eigenvalue weighted by Crippen LogP contribution is -2.21. The molecule has 0 saturated carbocycles. The van der Waals surface area contributed by atoms with Crippen molar-refractivity contribution in [1.29, 1.82) is 0 Å². The fourth-order valence-corrected chi connectivity index (χ4v) is 3.21. The predicted octanol–water partition coefficient (Wildman–Crippen LogP) is 5.62. The molecular formula is C22H36O3. The first kappa shape index (κ1) is 21.9. The monoisotopic (exact) mass is 348 g/mol. The summed E-state index contributed by atoms with van der Waals surface area (Å²) < 4.78 is 5.26. The molecule has 0 saturated heterocycles. The zero-order valence-corrected chi connectivity index (χ0v) is 16.1. The van der Waals surface area contributed by atoms with Crippen LogP contribution in [0.1, 0.15) is 89.2 Å². The van der Waals surface area contributed by atoms with Crippen molar-refractivity contribution < 1.29 is 14.6 Å². The molecule has 0 amide bonds. The lowest BCUT2D eigenvalue weighted by Gasteiger charge is -2.12. The third-order valence-electron chi connectivity index (χ3n) is 4.87. The molecule has 2 unspecified atom stereocenters. The van der Waals surface area contributed by atoms with E-state index in [1.807, 2.05) is 37.3 Å². The number of benzene rings is 1. The minimum absolute atomic E-state index is 0.193. The van der Waals surface area contributed by atoms with Crippen LogP contribution in [-0.4, -0.2) is 24.1 Å². The Morgan fingerprint density at radius 3 is 1.96 bits per heavy atom. The van der Waals surface area contributed by atoms with Gasteiger partial charge in [-0.3, -0.25) is 4.79 Å². The third kappa shape index (κ3) is 9.76. The zero-order valence-electron chi connectivity index (χ0n) is 16.1. The SMILES string of the molecule is CCC(=O)C(CCCCCCCCCCC(O)c1ccccc1)OC. The number of aliphatic hydroxyl groups is 1. The van der Waals surface area contributed by atoms with Gasteiger partial charge in [0.05, 0.1) is 6.10 Å². The van der Waals surface area contributed by atoms with Crippen LogP contribution in [0.3, 0.4) is 0 Å². The van der Waals surface area contributed by atoms with Crippen LogP contribution in [0.5, 0.6) is 0 Å². The second kappa shape index (κ2) is 14.0. The molecule has 0 radical (unpaired) electrons. The van der Waals surface area contributed by atoms with Gasteiger partial charge in [0.2, 0.25) is 0 Å². The Hall–Kier alpha value is -1.19. The summed E-state index contributed by atoms with van der Waals surface area (Å²) in [7, 11) is 1.63. The van der Waals surface area contributed by atoms with Crippen molar-refractivity contribution in [2.24, 2.45) is 0 Å². The molecule has 0 aromatic heterocycles. The highest BCUT2D eigenvalue weighted by atomic mass is 16.5. The summed E-state index contributed by atoms with van der Waals surface area (Å²) in [6, 6.07) is 9.92. The molecule has 142 valence electrons. The second-order valence-electron chi connectivity index (χ2n) is 6.88. The molecule has 0 spiro atoms. The van der Waals surface area contributed by atoms with Crippen LogP contribution in [0, 0.1) is 0 Å². The standard InChI is InChI=1S/C22H36O3/c1-3-20(23)22(25-2)18-14-9-7-5-4-6-8-13-17-21(24)19-15-11-10-12-16-19/h10-12,15-16,21-22,24H,3-9,13-14,17-18H2,1-2H3. The van der Waals surface area contributed by atoms with Crippen LogP contribution in [0.15, 0.2) is 30.3 Å². The molecule has 3 heteroatoms. The highest BCUT2D eigenvalue weighted by molar-refractivity contribution is 5.82. The van der Waals surface area contributed by atoms with Gasteiger partial charge in [0.15, 0.2) is 5.78 Å². The van der Waals surface area contributed by atoms with Gasteiger partial charge < -0.3 is 9.84 Å². The first-order valence-corrected chi connectivity index (χ1v) is 9.97. The first-order chi connectivity index (χ1) is 12.2. The number of unbranched alkanes of at least 4 members (excludes halogenated alkanes) is 7. The highest BCUT2D eigenvalue weighted by Gasteiger charge is 2.14. The van der Waals surface area contributed by atoms with Gasteiger partial charge in [-0.05, 0) is 18.4 Å². The number of carbonyl (C=O) groups is 1. The van der Waals surface area contributed by atoms with Crippen molar-refractivity contribution in [1.82, 2.24) is 0 Å². The molecule has 0 aliphatic rings. The summed E-state index contributed by atoms with van der Waals surface area (Å²) in [4.78, 5) is 11.6. The second-order valence-corrected chi connectivity index (χ2v) is 6.88. The third-order valence-corrected chi connectivity index (χ3v) is 4.87. The first-order valence-electron chi connectivity index (χ1n) is 9.97. The number of carbonyl (C=O) groups excluding carboxylic acids is 1. The van der Waals surface area contributed by atoms with Gasteiger partial charge in [-0.1, -0.05) is 88.6 Å². The van der Waals surface area contributed by atoms with Crippen molar-refractivity contribution in [3.63, 3.8) is 0 Å². The Labute approximate surface area is 153 Å². The number of ether oxygens (including phenoxy) is 1. The van der Waals surface area contributed by atoms with Crippen LogP contribution in [0.2, 0.25) is 0 Å². The quantitative estimate of drug-likeness (QED) is 0.419. The molecule has 3 nitrogen and oxygen atoms in total. The van der Waals surface area contributed by atoms with E-state index in [4.69, 9.17) is 4.74 Å². The van der Waals surface area contributed by atoms with Crippen LogP contribution in [0.25, 0.3) is 0 Å². The average molecular weight is 349 g/mol. The number of rotatable bonds is 15. The molecule has 1 aromatic rings. The van der Waals surface area contributed by atoms with Gasteiger partial charge in [0.1, 0.15) is 6.10 Å². The number of Topliss-reactive ketones (excluding diaryl/α,β-unsaturated/α-hetero) is 1. The van der Waals surface area contributed by atoms with Crippen molar-refractivity contribution in [2.45, 2.75) is 89.8 Å². The Morgan fingerprint density at radius 1 is 0.920 bits per heavy atom. The molecule has 2 atom stereocenters. The van der Waals surface area contributed by atoms with Gasteiger partial charge in [0.25, 0.3) is 0 Å². The lowest BCUT2D eigenvalue weighted by molar-refractivity contribution is -0.128. The number of methoxy groups -OCH3 is 1. The normalized spacial score (nSPS) is 13.6. The molecule has 0 bridgehead atoms. The molecule has 25 heavy (non-hydrogen) atoms. The summed E-state index contributed by atoms with van der Waals surface area (Å²) in [5, 5.41) is 10.1. The molecule has 0 aliphatic heterocycles. The van der Waals surface area contributed by atoms with E-state index < -0.39 is 0 Å². The van der Waals surface area contributed by atoms with E-state index in [1.165, 1.54) is 38.5 Å². The van der Waals surface area contributed by atoms with Crippen molar-refractivity contribution in [3.05, 3.63) is 35.9 Å². The van der Waals surface area contributed by atoms with Crippen molar-refractivity contribution in [2.75, 3.05) is 7.11 Å². The minimum Gasteiger partial charge on any atom is -0.388 e. The van der Waals surface area contributed by atoms with Gasteiger partial charge in [-0.15, -0.1) is 0 Å². The summed E-state index contributed by atoms with van der Waals surface area (Å²) in [5.74, 6) is 0.222. The van der Waals surface area contributed by atoms with Gasteiger partial charge >= 0.3 is 0 Å². The average Bonchev–Trinajstić information content (AvgIpc) is 2.66. The van der Waals surface area contributed by atoms with E-state index in [9.17, 15) is 9.90 Å². The summed E-state index contributed by atoms with van der Waals surface area (Å²) in [6.07, 6.45) is 11.3. The molecule has 1 aromatic carbocycles. The molecule has 0 aliphatic carbocycles. The number of hydrogen-bond acceptors (Lipinski definition) is 3. The van der Waals surface area contributed by atoms with Crippen molar-refractivity contribution >= 4 is 5.78 Å².